The molecular weight excluding hydrogens is 346 g/mol. The SMILES string of the molecule is COc1c2ccoc2nc2c(OC)c(OC[C@H](O)C(C)(C)Cl)ccc12. The quantitative estimate of drug-likeness (QED) is 0.670. The van der Waals surface area contributed by atoms with Crippen molar-refractivity contribution in [2.75, 3.05) is 20.8 Å². The minimum atomic E-state index is -0.843. The Balaban J connectivity index is 2.08. The predicted molar refractivity (Wildman–Crippen MR) is 96.1 cm³/mol. The van der Waals surface area contributed by atoms with E-state index in [1.807, 2.05) is 6.07 Å². The minimum absolute atomic E-state index is 0.0263. The van der Waals surface area contributed by atoms with E-state index in [1.54, 1.807) is 39.4 Å². The standard InChI is InChI=1S/C18H20ClNO5/c1-18(2,19)13(21)9-25-12-6-5-10-14(16(12)23-4)20-17-11(7-8-24-17)15(10)22-3/h5-8,13,21H,9H2,1-4H3/t13-/m0/s1. The number of aliphatic hydroxyl groups excluding tert-OH is 1. The highest BCUT2D eigenvalue weighted by molar-refractivity contribution is 6.23. The lowest BCUT2D eigenvalue weighted by molar-refractivity contribution is 0.0795. The fourth-order valence-corrected chi connectivity index (χ4v) is 2.61. The average Bonchev–Trinajstić information content (AvgIpc) is 3.04. The molecule has 6 nitrogen and oxygen atoms in total. The van der Waals surface area contributed by atoms with Gasteiger partial charge in [-0.05, 0) is 32.0 Å². The molecule has 1 atom stereocenters. The van der Waals surface area contributed by atoms with Gasteiger partial charge in [0.1, 0.15) is 24.0 Å². The van der Waals surface area contributed by atoms with Gasteiger partial charge in [0.05, 0.1) is 30.7 Å². The third-order valence-electron chi connectivity index (χ3n) is 4.04. The van der Waals surface area contributed by atoms with Crippen molar-refractivity contribution in [2.45, 2.75) is 24.8 Å². The Morgan fingerprint density at radius 3 is 2.52 bits per heavy atom. The second-order valence-corrected chi connectivity index (χ2v) is 7.14. The number of ether oxygens (including phenoxy) is 3. The number of aliphatic hydroxyl groups is 1. The molecule has 0 radical (unpaired) electrons. The van der Waals surface area contributed by atoms with Gasteiger partial charge < -0.3 is 23.7 Å². The third kappa shape index (κ3) is 3.19. The summed E-state index contributed by atoms with van der Waals surface area (Å²) < 4.78 is 22.2. The van der Waals surface area contributed by atoms with Gasteiger partial charge in [-0.25, -0.2) is 4.98 Å². The molecule has 0 fully saturated rings. The van der Waals surface area contributed by atoms with Gasteiger partial charge in [-0.15, -0.1) is 11.6 Å². The van der Waals surface area contributed by atoms with Crippen LogP contribution in [0.25, 0.3) is 22.0 Å². The number of furan rings is 1. The summed E-state index contributed by atoms with van der Waals surface area (Å²) in [4.78, 5) is 3.71. The highest BCUT2D eigenvalue weighted by Crippen LogP contribution is 2.41. The van der Waals surface area contributed by atoms with Crippen LogP contribution in [0.15, 0.2) is 28.9 Å². The molecule has 0 aliphatic heterocycles. The zero-order valence-electron chi connectivity index (χ0n) is 14.5. The first kappa shape index (κ1) is 17.6. The summed E-state index contributed by atoms with van der Waals surface area (Å²) in [7, 11) is 3.13. The van der Waals surface area contributed by atoms with Crippen LogP contribution in [0.2, 0.25) is 0 Å². The van der Waals surface area contributed by atoms with Gasteiger partial charge >= 0.3 is 0 Å². The number of methoxy groups -OCH3 is 2. The number of hydrogen-bond donors (Lipinski definition) is 1. The van der Waals surface area contributed by atoms with Crippen LogP contribution in [0.5, 0.6) is 17.2 Å². The maximum Gasteiger partial charge on any atom is 0.230 e. The van der Waals surface area contributed by atoms with Crippen molar-refractivity contribution < 1.29 is 23.7 Å². The second-order valence-electron chi connectivity index (χ2n) is 6.17. The Morgan fingerprint density at radius 2 is 1.88 bits per heavy atom. The number of halogens is 1. The van der Waals surface area contributed by atoms with Crippen molar-refractivity contribution >= 4 is 33.6 Å². The van der Waals surface area contributed by atoms with Crippen molar-refractivity contribution in [3.63, 3.8) is 0 Å². The molecule has 0 aliphatic rings. The molecule has 0 saturated heterocycles. The van der Waals surface area contributed by atoms with Gasteiger partial charge in [-0.2, -0.15) is 0 Å². The van der Waals surface area contributed by atoms with Crippen molar-refractivity contribution in [2.24, 2.45) is 0 Å². The number of rotatable bonds is 6. The summed E-state index contributed by atoms with van der Waals surface area (Å²) in [6.45, 7) is 3.47. The maximum atomic E-state index is 10.1. The average molecular weight is 366 g/mol. The van der Waals surface area contributed by atoms with Crippen molar-refractivity contribution in [3.8, 4) is 17.2 Å². The molecule has 3 aromatic rings. The first-order chi connectivity index (χ1) is 11.9. The molecule has 134 valence electrons. The predicted octanol–water partition coefficient (Wildman–Crippen LogP) is 3.76. The lowest BCUT2D eigenvalue weighted by atomic mass is 10.1. The van der Waals surface area contributed by atoms with E-state index in [2.05, 4.69) is 4.98 Å². The summed E-state index contributed by atoms with van der Waals surface area (Å²) in [6.07, 6.45) is 0.714. The largest absolute Gasteiger partial charge is 0.495 e. The fraction of sp³-hybridized carbons (Fsp3) is 0.389. The first-order valence-electron chi connectivity index (χ1n) is 7.78. The van der Waals surface area contributed by atoms with Gasteiger partial charge in [-0.3, -0.25) is 0 Å². The number of alkyl halides is 1. The van der Waals surface area contributed by atoms with Gasteiger partial charge in [0, 0.05) is 5.39 Å². The van der Waals surface area contributed by atoms with E-state index < -0.39 is 11.0 Å². The zero-order chi connectivity index (χ0) is 18.2. The van der Waals surface area contributed by atoms with Crippen molar-refractivity contribution in [1.29, 1.82) is 0 Å². The molecule has 3 rings (SSSR count). The Labute approximate surface area is 150 Å². The molecular formula is C18H20ClNO5. The van der Waals surface area contributed by atoms with E-state index in [9.17, 15) is 5.11 Å². The van der Waals surface area contributed by atoms with E-state index in [4.69, 9.17) is 30.2 Å². The Kier molecular flexibility index (Phi) is 4.67. The summed E-state index contributed by atoms with van der Waals surface area (Å²) in [5.74, 6) is 1.55. The van der Waals surface area contributed by atoms with Crippen LogP contribution < -0.4 is 14.2 Å². The molecule has 0 amide bonds. The van der Waals surface area contributed by atoms with Crippen LogP contribution in [-0.4, -0.2) is 41.9 Å². The van der Waals surface area contributed by atoms with E-state index in [-0.39, 0.29) is 6.61 Å². The number of hydrogen-bond acceptors (Lipinski definition) is 6. The molecule has 25 heavy (non-hydrogen) atoms. The smallest absolute Gasteiger partial charge is 0.230 e. The Hall–Kier alpha value is -2.18. The summed E-state index contributed by atoms with van der Waals surface area (Å²) in [5.41, 5.74) is 1.00. The van der Waals surface area contributed by atoms with Gasteiger partial charge in [-0.1, -0.05) is 0 Å². The van der Waals surface area contributed by atoms with Gasteiger partial charge in [0.25, 0.3) is 0 Å². The Bertz CT molecular complexity index is 900. The van der Waals surface area contributed by atoms with E-state index in [1.165, 1.54) is 7.11 Å². The minimum Gasteiger partial charge on any atom is -0.495 e. The fourth-order valence-electron chi connectivity index (χ4n) is 2.55. The number of aromatic nitrogens is 1. The number of benzene rings is 1. The van der Waals surface area contributed by atoms with Crippen LogP contribution in [0, 0.1) is 0 Å². The topological polar surface area (TPSA) is 74.0 Å². The molecule has 0 saturated carbocycles. The number of nitrogens with zero attached hydrogens (tertiary/aromatic N) is 1. The molecule has 0 aliphatic carbocycles. The molecule has 1 aromatic carbocycles. The maximum absolute atomic E-state index is 10.1. The number of pyridine rings is 1. The molecule has 0 spiro atoms. The van der Waals surface area contributed by atoms with E-state index in [0.29, 0.717) is 28.5 Å². The van der Waals surface area contributed by atoms with Gasteiger partial charge in [0.15, 0.2) is 11.5 Å². The van der Waals surface area contributed by atoms with Crippen molar-refractivity contribution in [1.82, 2.24) is 4.98 Å². The highest BCUT2D eigenvalue weighted by atomic mass is 35.5. The van der Waals surface area contributed by atoms with Crippen LogP contribution in [0.4, 0.5) is 0 Å². The highest BCUT2D eigenvalue weighted by Gasteiger charge is 2.26. The van der Waals surface area contributed by atoms with Crippen LogP contribution in [0.1, 0.15) is 13.8 Å². The molecule has 0 unspecified atom stereocenters. The lowest BCUT2D eigenvalue weighted by Gasteiger charge is -2.24. The van der Waals surface area contributed by atoms with E-state index in [0.717, 1.165) is 10.8 Å². The summed E-state index contributed by atoms with van der Waals surface area (Å²) >= 11 is 6.11. The van der Waals surface area contributed by atoms with Crippen LogP contribution in [-0.2, 0) is 0 Å². The molecule has 7 heteroatoms. The first-order valence-corrected chi connectivity index (χ1v) is 8.16. The summed E-state index contributed by atoms with van der Waals surface area (Å²) in [6, 6.07) is 5.39. The Morgan fingerprint density at radius 1 is 1.16 bits per heavy atom. The number of fused-ring (bicyclic) bond motifs is 2. The van der Waals surface area contributed by atoms with E-state index >= 15 is 0 Å². The normalized spacial score (nSPS) is 13.2. The molecule has 2 heterocycles. The second kappa shape index (κ2) is 6.61. The molecule has 0 bridgehead atoms. The third-order valence-corrected chi connectivity index (χ3v) is 4.29. The monoisotopic (exact) mass is 365 g/mol. The van der Waals surface area contributed by atoms with Gasteiger partial charge in [0.2, 0.25) is 5.71 Å². The van der Waals surface area contributed by atoms with Crippen LogP contribution in [0.3, 0.4) is 0 Å². The molecule has 1 N–H and O–H groups in total. The van der Waals surface area contributed by atoms with Crippen molar-refractivity contribution in [3.05, 3.63) is 24.5 Å². The molecule has 2 aromatic heterocycles. The van der Waals surface area contributed by atoms with Crippen LogP contribution >= 0.6 is 11.6 Å². The lowest BCUT2D eigenvalue weighted by Crippen LogP contribution is -2.35. The summed E-state index contributed by atoms with van der Waals surface area (Å²) in [5, 5.41) is 11.6. The zero-order valence-corrected chi connectivity index (χ0v) is 15.3.